The van der Waals surface area contributed by atoms with Gasteiger partial charge in [0, 0.05) is 58.5 Å². The molecule has 0 bridgehead atoms. The van der Waals surface area contributed by atoms with Crippen LogP contribution in [0.1, 0.15) is 25.3 Å². The van der Waals surface area contributed by atoms with Crippen molar-refractivity contribution in [2.24, 2.45) is 11.7 Å². The molecular weight excluding hydrogens is 415 g/mol. The van der Waals surface area contributed by atoms with Crippen molar-refractivity contribution in [1.29, 1.82) is 0 Å². The van der Waals surface area contributed by atoms with E-state index in [0.717, 1.165) is 50.3 Å². The van der Waals surface area contributed by atoms with Crippen molar-refractivity contribution in [2.45, 2.75) is 32.4 Å². The van der Waals surface area contributed by atoms with E-state index in [0.29, 0.717) is 19.8 Å². The molecule has 164 valence electrons. The highest BCUT2D eigenvalue weighted by atomic mass is 35.5. The van der Waals surface area contributed by atoms with Crippen molar-refractivity contribution in [3.8, 4) is 0 Å². The minimum atomic E-state index is -0.486. The summed E-state index contributed by atoms with van der Waals surface area (Å²) in [6, 6.07) is 7.61. The maximum atomic E-state index is 12.5. The lowest BCUT2D eigenvalue weighted by Gasteiger charge is -2.36. The number of para-hydroxylation sites is 1. The topological polar surface area (TPSA) is 87.9 Å². The van der Waals surface area contributed by atoms with Crippen molar-refractivity contribution in [3.05, 3.63) is 29.8 Å². The molecule has 3 rings (SSSR count). The molecule has 29 heavy (non-hydrogen) atoms. The largest absolute Gasteiger partial charge is 0.381 e. The number of rotatable bonds is 5. The first-order chi connectivity index (χ1) is 13.1. The molecule has 0 aromatic heterocycles. The fourth-order valence-electron chi connectivity index (χ4n) is 3.82. The van der Waals surface area contributed by atoms with Crippen LogP contribution in [0.3, 0.4) is 0 Å². The number of nitrogens with one attached hydrogen (secondary N) is 1. The van der Waals surface area contributed by atoms with Gasteiger partial charge in [0.25, 0.3) is 0 Å². The molecule has 9 heteroatoms. The van der Waals surface area contributed by atoms with E-state index in [1.54, 1.807) is 6.92 Å². The lowest BCUT2D eigenvalue weighted by Crippen LogP contribution is -2.49. The highest BCUT2D eigenvalue weighted by molar-refractivity contribution is 5.85. The molecule has 2 fully saturated rings. The van der Waals surface area contributed by atoms with Gasteiger partial charge in [-0.15, -0.1) is 24.8 Å². The van der Waals surface area contributed by atoms with E-state index in [1.165, 1.54) is 0 Å². The Morgan fingerprint density at radius 2 is 1.76 bits per heavy atom. The zero-order valence-corrected chi connectivity index (χ0v) is 18.5. The molecule has 2 aliphatic heterocycles. The fraction of sp³-hybridized carbons (Fsp3) is 0.600. The molecule has 1 aromatic rings. The molecule has 3 N–H and O–H groups in total. The molecule has 7 nitrogen and oxygen atoms in total. The van der Waals surface area contributed by atoms with Gasteiger partial charge in [-0.25, -0.2) is 0 Å². The van der Waals surface area contributed by atoms with E-state index in [4.69, 9.17) is 10.5 Å². The SMILES string of the molecule is CC(=O)N1CCN(c2ccccc2CNC(=O)C(N)C2CCOCC2)CC1.Cl.Cl. The van der Waals surface area contributed by atoms with Gasteiger partial charge < -0.3 is 25.6 Å². The molecule has 2 aliphatic rings. The van der Waals surface area contributed by atoms with Gasteiger partial charge >= 0.3 is 0 Å². The molecule has 0 aliphatic carbocycles. The Morgan fingerprint density at radius 1 is 1.14 bits per heavy atom. The summed E-state index contributed by atoms with van der Waals surface area (Å²) in [5.41, 5.74) is 8.35. The number of ether oxygens (including phenoxy) is 1. The molecule has 1 unspecified atom stereocenters. The number of piperazine rings is 1. The zero-order valence-electron chi connectivity index (χ0n) is 16.8. The monoisotopic (exact) mass is 446 g/mol. The van der Waals surface area contributed by atoms with Gasteiger partial charge in [0.15, 0.2) is 0 Å². The van der Waals surface area contributed by atoms with Crippen LogP contribution in [0.25, 0.3) is 0 Å². The first kappa shape index (κ1) is 25.5. The van der Waals surface area contributed by atoms with Crippen molar-refractivity contribution in [1.82, 2.24) is 10.2 Å². The number of halogens is 2. The minimum absolute atomic E-state index is 0. The van der Waals surface area contributed by atoms with Gasteiger partial charge in [-0.3, -0.25) is 9.59 Å². The molecule has 1 aromatic carbocycles. The normalized spacial score (nSPS) is 18.3. The Balaban J connectivity index is 0.00000210. The summed E-state index contributed by atoms with van der Waals surface area (Å²) in [5.74, 6) is 0.212. The van der Waals surface area contributed by atoms with E-state index in [2.05, 4.69) is 16.3 Å². The van der Waals surface area contributed by atoms with Crippen molar-refractivity contribution >= 4 is 42.3 Å². The van der Waals surface area contributed by atoms with Gasteiger partial charge in [-0.1, -0.05) is 18.2 Å². The molecule has 2 heterocycles. The summed E-state index contributed by atoms with van der Waals surface area (Å²) in [4.78, 5) is 28.2. The van der Waals surface area contributed by atoms with Crippen LogP contribution in [-0.4, -0.2) is 62.1 Å². The highest BCUT2D eigenvalue weighted by Gasteiger charge is 2.27. The maximum Gasteiger partial charge on any atom is 0.237 e. The van der Waals surface area contributed by atoms with Crippen LogP contribution in [0.15, 0.2) is 24.3 Å². The zero-order chi connectivity index (χ0) is 19.2. The predicted molar refractivity (Wildman–Crippen MR) is 119 cm³/mol. The van der Waals surface area contributed by atoms with E-state index in [9.17, 15) is 9.59 Å². The maximum absolute atomic E-state index is 12.5. The lowest BCUT2D eigenvalue weighted by atomic mass is 9.92. The molecule has 0 spiro atoms. The van der Waals surface area contributed by atoms with E-state index in [1.807, 2.05) is 23.1 Å². The third-order valence-electron chi connectivity index (χ3n) is 5.59. The van der Waals surface area contributed by atoms with Gasteiger partial charge in [0.05, 0.1) is 6.04 Å². The molecule has 0 radical (unpaired) electrons. The number of carbonyl (C=O) groups excluding carboxylic acids is 2. The number of amides is 2. The highest BCUT2D eigenvalue weighted by Crippen LogP contribution is 2.22. The third-order valence-corrected chi connectivity index (χ3v) is 5.59. The summed E-state index contributed by atoms with van der Waals surface area (Å²) < 4.78 is 5.35. The number of benzene rings is 1. The van der Waals surface area contributed by atoms with Gasteiger partial charge in [-0.2, -0.15) is 0 Å². The standard InChI is InChI=1S/C20H30N4O3.2ClH/c1-15(25)23-8-10-24(11-9-23)18-5-3-2-4-17(18)14-22-20(26)19(21)16-6-12-27-13-7-16;;/h2-5,16,19H,6-14,21H2,1H3,(H,22,26);2*1H. The van der Waals surface area contributed by atoms with Gasteiger partial charge in [0.2, 0.25) is 11.8 Å². The van der Waals surface area contributed by atoms with Crippen LogP contribution in [0, 0.1) is 5.92 Å². The Bertz CT molecular complexity index is 663. The molecule has 0 saturated carbocycles. The number of hydrogen-bond donors (Lipinski definition) is 2. The second kappa shape index (κ2) is 12.2. The van der Waals surface area contributed by atoms with Crippen molar-refractivity contribution in [3.63, 3.8) is 0 Å². The smallest absolute Gasteiger partial charge is 0.237 e. The summed E-state index contributed by atoms with van der Waals surface area (Å²) in [6.45, 7) is 6.48. The molecule has 1 atom stereocenters. The molecule has 2 amide bonds. The molecule has 2 saturated heterocycles. The second-order valence-corrected chi connectivity index (χ2v) is 7.32. The Hall–Kier alpha value is -1.54. The van der Waals surface area contributed by atoms with Crippen LogP contribution in [-0.2, 0) is 20.9 Å². The van der Waals surface area contributed by atoms with Crippen LogP contribution in [0.5, 0.6) is 0 Å². The number of anilines is 1. The average Bonchev–Trinajstić information content (AvgIpc) is 2.72. The minimum Gasteiger partial charge on any atom is -0.381 e. The summed E-state index contributed by atoms with van der Waals surface area (Å²) >= 11 is 0. The van der Waals surface area contributed by atoms with Crippen LogP contribution < -0.4 is 16.0 Å². The van der Waals surface area contributed by atoms with Crippen molar-refractivity contribution < 1.29 is 14.3 Å². The summed E-state index contributed by atoms with van der Waals surface area (Å²) in [5, 5.41) is 3.01. The van der Waals surface area contributed by atoms with E-state index >= 15 is 0 Å². The van der Waals surface area contributed by atoms with Crippen LogP contribution in [0.4, 0.5) is 5.69 Å². The van der Waals surface area contributed by atoms with E-state index < -0.39 is 6.04 Å². The fourth-order valence-corrected chi connectivity index (χ4v) is 3.82. The van der Waals surface area contributed by atoms with Gasteiger partial charge in [0.1, 0.15) is 0 Å². The summed E-state index contributed by atoms with van der Waals surface area (Å²) in [6.07, 6.45) is 1.68. The number of nitrogens with zero attached hydrogens (tertiary/aromatic N) is 2. The first-order valence-corrected chi connectivity index (χ1v) is 9.75. The Labute approximate surface area is 185 Å². The Morgan fingerprint density at radius 3 is 2.38 bits per heavy atom. The van der Waals surface area contributed by atoms with Crippen LogP contribution in [0.2, 0.25) is 0 Å². The average molecular weight is 447 g/mol. The Kier molecular flexibility index (Phi) is 10.7. The lowest BCUT2D eigenvalue weighted by molar-refractivity contribution is -0.129. The predicted octanol–water partition coefficient (Wildman–Crippen LogP) is 1.57. The van der Waals surface area contributed by atoms with Crippen molar-refractivity contribution in [2.75, 3.05) is 44.3 Å². The molecular formula is C20H32Cl2N4O3. The number of carbonyl (C=O) groups is 2. The third kappa shape index (κ3) is 6.74. The van der Waals surface area contributed by atoms with Gasteiger partial charge in [-0.05, 0) is 30.4 Å². The second-order valence-electron chi connectivity index (χ2n) is 7.32. The van der Waals surface area contributed by atoms with E-state index in [-0.39, 0.29) is 42.5 Å². The quantitative estimate of drug-likeness (QED) is 0.716. The summed E-state index contributed by atoms with van der Waals surface area (Å²) in [7, 11) is 0. The number of hydrogen-bond acceptors (Lipinski definition) is 5. The van der Waals surface area contributed by atoms with Crippen LogP contribution >= 0.6 is 24.8 Å². The first-order valence-electron chi connectivity index (χ1n) is 9.75. The number of nitrogens with two attached hydrogens (primary N) is 1.